The fourth-order valence-corrected chi connectivity index (χ4v) is 1.06. The van der Waals surface area contributed by atoms with Crippen molar-refractivity contribution in [1.82, 2.24) is 0 Å². The third-order valence-corrected chi connectivity index (χ3v) is 1.77. The molecule has 2 unspecified atom stereocenters. The van der Waals surface area contributed by atoms with Crippen molar-refractivity contribution in [3.05, 3.63) is 11.6 Å². The van der Waals surface area contributed by atoms with Gasteiger partial charge < -0.3 is 15.3 Å². The molecule has 3 heteroatoms. The molecule has 0 aliphatic heterocycles. The predicted molar refractivity (Wildman–Crippen MR) is 36.4 cm³/mol. The van der Waals surface area contributed by atoms with Gasteiger partial charge in [-0.1, -0.05) is 6.08 Å². The molecule has 3 nitrogen and oxygen atoms in total. The molecule has 0 amide bonds. The summed E-state index contributed by atoms with van der Waals surface area (Å²) in [5.74, 6) is 0. The van der Waals surface area contributed by atoms with Gasteiger partial charge in [0, 0.05) is 0 Å². The molecule has 1 aliphatic carbocycles. The van der Waals surface area contributed by atoms with Crippen LogP contribution < -0.4 is 0 Å². The SMILES string of the molecule is OCC1=CCC(O)C(O)C1. The zero-order valence-corrected chi connectivity index (χ0v) is 5.70. The quantitative estimate of drug-likeness (QED) is 0.431. The van der Waals surface area contributed by atoms with Gasteiger partial charge in [0.05, 0.1) is 18.8 Å². The van der Waals surface area contributed by atoms with Gasteiger partial charge in [-0.3, -0.25) is 0 Å². The minimum Gasteiger partial charge on any atom is -0.392 e. The number of aliphatic hydroxyl groups is 3. The fourth-order valence-electron chi connectivity index (χ4n) is 1.06. The van der Waals surface area contributed by atoms with E-state index in [0.717, 1.165) is 5.57 Å². The smallest absolute Gasteiger partial charge is 0.0840 e. The van der Waals surface area contributed by atoms with E-state index in [4.69, 9.17) is 15.3 Å². The van der Waals surface area contributed by atoms with Crippen LogP contribution in [0.5, 0.6) is 0 Å². The maximum Gasteiger partial charge on any atom is 0.0840 e. The molecule has 0 spiro atoms. The molecule has 0 aromatic rings. The Labute approximate surface area is 59.6 Å². The molecular weight excluding hydrogens is 132 g/mol. The van der Waals surface area contributed by atoms with Crippen LogP contribution in [0, 0.1) is 0 Å². The van der Waals surface area contributed by atoms with Crippen LogP contribution in [0.15, 0.2) is 11.6 Å². The molecule has 58 valence electrons. The number of aliphatic hydroxyl groups excluding tert-OH is 3. The summed E-state index contributed by atoms with van der Waals surface area (Å²) in [6, 6.07) is 0. The van der Waals surface area contributed by atoms with E-state index in [-0.39, 0.29) is 6.61 Å². The van der Waals surface area contributed by atoms with Crippen LogP contribution in [0.3, 0.4) is 0 Å². The van der Waals surface area contributed by atoms with E-state index in [1.165, 1.54) is 0 Å². The molecule has 0 aromatic heterocycles. The van der Waals surface area contributed by atoms with Crippen LogP contribution in [0.1, 0.15) is 12.8 Å². The van der Waals surface area contributed by atoms with Gasteiger partial charge in [-0.25, -0.2) is 0 Å². The van der Waals surface area contributed by atoms with Gasteiger partial charge in [0.25, 0.3) is 0 Å². The van der Waals surface area contributed by atoms with Crippen molar-refractivity contribution in [1.29, 1.82) is 0 Å². The summed E-state index contributed by atoms with van der Waals surface area (Å²) >= 11 is 0. The second kappa shape index (κ2) is 3.14. The van der Waals surface area contributed by atoms with Crippen molar-refractivity contribution in [2.45, 2.75) is 25.0 Å². The maximum atomic E-state index is 9.08. The molecule has 0 saturated carbocycles. The van der Waals surface area contributed by atoms with E-state index in [2.05, 4.69) is 0 Å². The highest BCUT2D eigenvalue weighted by Gasteiger charge is 2.20. The highest BCUT2D eigenvalue weighted by Crippen LogP contribution is 2.17. The monoisotopic (exact) mass is 144 g/mol. The number of hydrogen-bond acceptors (Lipinski definition) is 3. The molecule has 0 heterocycles. The van der Waals surface area contributed by atoms with Crippen molar-refractivity contribution >= 4 is 0 Å². The summed E-state index contributed by atoms with van der Waals surface area (Å²) in [5.41, 5.74) is 0.817. The van der Waals surface area contributed by atoms with Crippen LogP contribution in [-0.4, -0.2) is 34.1 Å². The van der Waals surface area contributed by atoms with Crippen LogP contribution in [0.2, 0.25) is 0 Å². The molecule has 0 radical (unpaired) electrons. The Morgan fingerprint density at radius 2 is 2.10 bits per heavy atom. The standard InChI is InChI=1S/C7H12O3/c8-4-5-1-2-6(9)7(10)3-5/h1,6-10H,2-4H2. The van der Waals surface area contributed by atoms with Gasteiger partial charge in [-0.2, -0.15) is 0 Å². The van der Waals surface area contributed by atoms with Crippen molar-refractivity contribution in [3.63, 3.8) is 0 Å². The molecule has 0 bridgehead atoms. The molecular formula is C7H12O3. The largest absolute Gasteiger partial charge is 0.392 e. The molecule has 0 fully saturated rings. The number of rotatable bonds is 1. The zero-order chi connectivity index (χ0) is 7.56. The number of hydrogen-bond donors (Lipinski definition) is 3. The Bertz CT molecular complexity index is 142. The first kappa shape index (κ1) is 7.72. The van der Waals surface area contributed by atoms with Gasteiger partial charge in [0.1, 0.15) is 0 Å². The Morgan fingerprint density at radius 1 is 1.40 bits per heavy atom. The first-order chi connectivity index (χ1) is 4.74. The molecule has 1 aliphatic rings. The summed E-state index contributed by atoms with van der Waals surface area (Å²) in [6.45, 7) is -0.0101. The Morgan fingerprint density at radius 3 is 2.60 bits per heavy atom. The first-order valence-corrected chi connectivity index (χ1v) is 3.39. The molecule has 0 saturated heterocycles. The summed E-state index contributed by atoms with van der Waals surface area (Å²) in [5, 5.41) is 26.7. The van der Waals surface area contributed by atoms with E-state index in [1.54, 1.807) is 6.08 Å². The van der Waals surface area contributed by atoms with Crippen molar-refractivity contribution in [3.8, 4) is 0 Å². The van der Waals surface area contributed by atoms with Crippen molar-refractivity contribution < 1.29 is 15.3 Å². The van der Waals surface area contributed by atoms with Gasteiger partial charge in [-0.05, 0) is 18.4 Å². The lowest BCUT2D eigenvalue weighted by molar-refractivity contribution is 0.0149. The van der Waals surface area contributed by atoms with Gasteiger partial charge in [0.15, 0.2) is 0 Å². The van der Waals surface area contributed by atoms with Gasteiger partial charge in [0.2, 0.25) is 0 Å². The summed E-state index contributed by atoms with van der Waals surface area (Å²) in [6.07, 6.45) is 1.30. The minimum atomic E-state index is -0.688. The second-order valence-corrected chi connectivity index (χ2v) is 2.60. The molecule has 2 atom stereocenters. The summed E-state index contributed by atoms with van der Waals surface area (Å²) < 4.78 is 0. The molecule has 10 heavy (non-hydrogen) atoms. The molecule has 0 aromatic carbocycles. The highest BCUT2D eigenvalue weighted by atomic mass is 16.3. The van der Waals surface area contributed by atoms with E-state index >= 15 is 0 Å². The average Bonchev–Trinajstić information content (AvgIpc) is 1.95. The lowest BCUT2D eigenvalue weighted by Crippen LogP contribution is -2.29. The Kier molecular flexibility index (Phi) is 2.43. The van der Waals surface area contributed by atoms with Crippen LogP contribution in [-0.2, 0) is 0 Å². The normalized spacial score (nSPS) is 33.7. The third kappa shape index (κ3) is 1.56. The predicted octanol–water partition coefficient (Wildman–Crippen LogP) is -0.579. The lowest BCUT2D eigenvalue weighted by atomic mass is 9.95. The maximum absolute atomic E-state index is 9.08. The second-order valence-electron chi connectivity index (χ2n) is 2.60. The summed E-state index contributed by atoms with van der Waals surface area (Å²) in [4.78, 5) is 0. The zero-order valence-electron chi connectivity index (χ0n) is 5.70. The van der Waals surface area contributed by atoms with E-state index < -0.39 is 12.2 Å². The van der Waals surface area contributed by atoms with Gasteiger partial charge >= 0.3 is 0 Å². The topological polar surface area (TPSA) is 60.7 Å². The minimum absolute atomic E-state index is 0.0101. The van der Waals surface area contributed by atoms with Crippen LogP contribution in [0.25, 0.3) is 0 Å². The van der Waals surface area contributed by atoms with E-state index in [1.807, 2.05) is 0 Å². The molecule has 1 rings (SSSR count). The van der Waals surface area contributed by atoms with E-state index in [0.29, 0.717) is 12.8 Å². The van der Waals surface area contributed by atoms with Crippen molar-refractivity contribution in [2.75, 3.05) is 6.61 Å². The molecule has 3 N–H and O–H groups in total. The highest BCUT2D eigenvalue weighted by molar-refractivity contribution is 5.09. The van der Waals surface area contributed by atoms with E-state index in [9.17, 15) is 0 Å². The Hall–Kier alpha value is -0.380. The van der Waals surface area contributed by atoms with Crippen molar-refractivity contribution in [2.24, 2.45) is 0 Å². The fraction of sp³-hybridized carbons (Fsp3) is 0.714. The van der Waals surface area contributed by atoms with Gasteiger partial charge in [-0.15, -0.1) is 0 Å². The average molecular weight is 144 g/mol. The van der Waals surface area contributed by atoms with Crippen LogP contribution in [0.4, 0.5) is 0 Å². The Balaban J connectivity index is 2.52. The lowest BCUT2D eigenvalue weighted by Gasteiger charge is -2.22. The first-order valence-electron chi connectivity index (χ1n) is 3.39. The third-order valence-electron chi connectivity index (χ3n) is 1.77. The van der Waals surface area contributed by atoms with Crippen LogP contribution >= 0.6 is 0 Å². The summed E-state index contributed by atoms with van der Waals surface area (Å²) in [7, 11) is 0.